The van der Waals surface area contributed by atoms with Gasteiger partial charge in [0.25, 0.3) is 0 Å². The number of methoxy groups -OCH3 is 1. The van der Waals surface area contributed by atoms with Crippen molar-refractivity contribution in [3.8, 4) is 0 Å². The molecule has 0 aliphatic heterocycles. The lowest BCUT2D eigenvalue weighted by Crippen LogP contribution is -2.39. The van der Waals surface area contributed by atoms with Crippen molar-refractivity contribution >= 4 is 41.7 Å². The van der Waals surface area contributed by atoms with Crippen LogP contribution in [-0.4, -0.2) is 60.8 Å². The average Bonchev–Trinajstić information content (AvgIpc) is 2.91. The molecule has 0 radical (unpaired) electrons. The number of halogens is 1. The van der Waals surface area contributed by atoms with E-state index in [0.29, 0.717) is 12.5 Å². The standard InChI is InChI=1S/C15H30N6OS.HI/c1-12(2)11-21-13(19-20-15(21)23-5)7-6-8-17-14(16-3)18-9-10-22-4;/h12H,6-11H2,1-5H3,(H2,16,17,18);1H. The van der Waals surface area contributed by atoms with E-state index in [1.54, 1.807) is 25.9 Å². The normalized spacial score (nSPS) is 11.5. The predicted octanol–water partition coefficient (Wildman–Crippen LogP) is 2.02. The van der Waals surface area contributed by atoms with Crippen molar-refractivity contribution in [1.82, 2.24) is 25.4 Å². The molecule has 0 amide bonds. The second-order valence-electron chi connectivity index (χ2n) is 5.63. The molecular formula is C15H31IN6OS. The summed E-state index contributed by atoms with van der Waals surface area (Å²) < 4.78 is 7.25. The molecule has 0 atom stereocenters. The monoisotopic (exact) mass is 470 g/mol. The predicted molar refractivity (Wildman–Crippen MR) is 112 cm³/mol. The first-order valence-corrected chi connectivity index (χ1v) is 9.24. The van der Waals surface area contributed by atoms with Crippen LogP contribution in [0.3, 0.4) is 0 Å². The van der Waals surface area contributed by atoms with Gasteiger partial charge in [-0.1, -0.05) is 25.6 Å². The average molecular weight is 470 g/mol. The Morgan fingerprint density at radius 2 is 2.00 bits per heavy atom. The van der Waals surface area contributed by atoms with Crippen molar-refractivity contribution in [2.24, 2.45) is 10.9 Å². The van der Waals surface area contributed by atoms with E-state index in [1.165, 1.54) is 0 Å². The zero-order valence-corrected chi connectivity index (χ0v) is 18.5. The lowest BCUT2D eigenvalue weighted by molar-refractivity contribution is 0.203. The van der Waals surface area contributed by atoms with Crippen LogP contribution in [0.4, 0.5) is 0 Å². The summed E-state index contributed by atoms with van der Waals surface area (Å²) in [6, 6.07) is 0. The second-order valence-corrected chi connectivity index (χ2v) is 6.40. The van der Waals surface area contributed by atoms with E-state index in [-0.39, 0.29) is 24.0 Å². The minimum atomic E-state index is 0. The van der Waals surface area contributed by atoms with Gasteiger partial charge >= 0.3 is 0 Å². The number of nitrogens with one attached hydrogen (secondary N) is 2. The van der Waals surface area contributed by atoms with Gasteiger partial charge in [-0.15, -0.1) is 34.2 Å². The number of thioether (sulfide) groups is 1. The van der Waals surface area contributed by atoms with Gasteiger partial charge in [0.05, 0.1) is 6.61 Å². The van der Waals surface area contributed by atoms with Crippen LogP contribution in [0.25, 0.3) is 0 Å². The minimum absolute atomic E-state index is 0. The molecule has 0 fully saturated rings. The number of nitrogens with zero attached hydrogens (tertiary/aromatic N) is 4. The van der Waals surface area contributed by atoms with E-state index in [9.17, 15) is 0 Å². The molecule has 1 aromatic rings. The summed E-state index contributed by atoms with van der Waals surface area (Å²) in [6.45, 7) is 7.64. The van der Waals surface area contributed by atoms with Crippen LogP contribution in [0.2, 0.25) is 0 Å². The Hall–Kier alpha value is -0.550. The second kappa shape index (κ2) is 13.7. The maximum atomic E-state index is 5.01. The molecule has 0 aliphatic carbocycles. The van der Waals surface area contributed by atoms with Crippen LogP contribution in [0.1, 0.15) is 26.1 Å². The van der Waals surface area contributed by atoms with Crippen LogP contribution < -0.4 is 10.6 Å². The molecule has 0 saturated heterocycles. The lowest BCUT2D eigenvalue weighted by Gasteiger charge is -2.13. The molecule has 1 aromatic heterocycles. The number of aromatic nitrogens is 3. The molecule has 9 heteroatoms. The molecular weight excluding hydrogens is 439 g/mol. The quantitative estimate of drug-likeness (QED) is 0.179. The van der Waals surface area contributed by atoms with Crippen LogP contribution >= 0.6 is 35.7 Å². The number of aliphatic imine (C=N–C) groups is 1. The molecule has 2 N–H and O–H groups in total. The van der Waals surface area contributed by atoms with E-state index >= 15 is 0 Å². The fourth-order valence-corrected chi connectivity index (χ4v) is 2.67. The van der Waals surface area contributed by atoms with Crippen LogP contribution in [-0.2, 0) is 17.7 Å². The first kappa shape index (κ1) is 23.4. The molecule has 0 aliphatic rings. The van der Waals surface area contributed by atoms with Gasteiger partial charge < -0.3 is 19.9 Å². The Kier molecular flexibility index (Phi) is 13.4. The highest BCUT2D eigenvalue weighted by Gasteiger charge is 2.12. The number of rotatable bonds is 10. The Morgan fingerprint density at radius 1 is 1.29 bits per heavy atom. The molecule has 0 spiro atoms. The fraction of sp³-hybridized carbons (Fsp3) is 0.800. The Bertz CT molecular complexity index is 481. The lowest BCUT2D eigenvalue weighted by atomic mass is 10.2. The van der Waals surface area contributed by atoms with Gasteiger partial charge in [0.2, 0.25) is 0 Å². The first-order chi connectivity index (χ1) is 11.1. The number of aryl methyl sites for hydroxylation is 1. The zero-order valence-electron chi connectivity index (χ0n) is 15.3. The maximum Gasteiger partial charge on any atom is 0.191 e. The molecule has 1 heterocycles. The zero-order chi connectivity index (χ0) is 17.1. The molecule has 0 bridgehead atoms. The first-order valence-electron chi connectivity index (χ1n) is 8.01. The van der Waals surface area contributed by atoms with Gasteiger partial charge in [-0.05, 0) is 18.6 Å². The molecule has 0 aromatic carbocycles. The topological polar surface area (TPSA) is 76.4 Å². The third-order valence-electron chi connectivity index (χ3n) is 3.22. The number of guanidine groups is 1. The fourth-order valence-electron chi connectivity index (χ4n) is 2.15. The van der Waals surface area contributed by atoms with Crippen LogP contribution in [0.15, 0.2) is 10.1 Å². The number of ether oxygens (including phenoxy) is 1. The molecule has 7 nitrogen and oxygen atoms in total. The highest BCUT2D eigenvalue weighted by atomic mass is 127. The van der Waals surface area contributed by atoms with Crippen molar-refractivity contribution in [1.29, 1.82) is 0 Å². The maximum absolute atomic E-state index is 5.01. The molecule has 0 saturated carbocycles. The number of hydrogen-bond donors (Lipinski definition) is 2. The van der Waals surface area contributed by atoms with Crippen molar-refractivity contribution in [3.05, 3.63) is 5.82 Å². The van der Waals surface area contributed by atoms with Gasteiger partial charge in [-0.3, -0.25) is 4.99 Å². The van der Waals surface area contributed by atoms with Crippen molar-refractivity contribution < 1.29 is 4.74 Å². The van der Waals surface area contributed by atoms with Crippen LogP contribution in [0, 0.1) is 5.92 Å². The smallest absolute Gasteiger partial charge is 0.191 e. The molecule has 140 valence electrons. The highest BCUT2D eigenvalue weighted by Crippen LogP contribution is 2.16. The van der Waals surface area contributed by atoms with E-state index in [1.807, 2.05) is 6.26 Å². The van der Waals surface area contributed by atoms with Gasteiger partial charge in [0.15, 0.2) is 11.1 Å². The summed E-state index contributed by atoms with van der Waals surface area (Å²) in [4.78, 5) is 4.18. The van der Waals surface area contributed by atoms with E-state index < -0.39 is 0 Å². The summed E-state index contributed by atoms with van der Waals surface area (Å²) in [6.07, 6.45) is 3.93. The van der Waals surface area contributed by atoms with Crippen molar-refractivity contribution in [2.75, 3.05) is 40.1 Å². The van der Waals surface area contributed by atoms with Gasteiger partial charge in [-0.25, -0.2) is 0 Å². The summed E-state index contributed by atoms with van der Waals surface area (Å²) in [7, 11) is 3.46. The highest BCUT2D eigenvalue weighted by molar-refractivity contribution is 14.0. The van der Waals surface area contributed by atoms with E-state index in [2.05, 4.69) is 44.2 Å². The van der Waals surface area contributed by atoms with Gasteiger partial charge in [0.1, 0.15) is 5.82 Å². The van der Waals surface area contributed by atoms with E-state index in [4.69, 9.17) is 4.74 Å². The third kappa shape index (κ3) is 8.52. The number of hydrogen-bond acceptors (Lipinski definition) is 5. The third-order valence-corrected chi connectivity index (χ3v) is 3.88. The Morgan fingerprint density at radius 3 is 2.58 bits per heavy atom. The summed E-state index contributed by atoms with van der Waals surface area (Å²) >= 11 is 1.65. The molecule has 1 rings (SSSR count). The van der Waals surface area contributed by atoms with Gasteiger partial charge in [0, 0.05) is 40.2 Å². The SMILES string of the molecule is CN=C(NCCCc1nnc(SC)n1CC(C)C)NCCOC.I. The molecule has 0 unspecified atom stereocenters. The summed E-state index contributed by atoms with van der Waals surface area (Å²) in [5.41, 5.74) is 0. The Labute approximate surface area is 166 Å². The Balaban J connectivity index is 0.00000529. The summed E-state index contributed by atoms with van der Waals surface area (Å²) in [5.74, 6) is 2.44. The van der Waals surface area contributed by atoms with Gasteiger partial charge in [-0.2, -0.15) is 0 Å². The van der Waals surface area contributed by atoms with E-state index in [0.717, 1.165) is 49.4 Å². The molecule has 24 heavy (non-hydrogen) atoms. The largest absolute Gasteiger partial charge is 0.383 e. The van der Waals surface area contributed by atoms with Crippen molar-refractivity contribution in [3.63, 3.8) is 0 Å². The summed E-state index contributed by atoms with van der Waals surface area (Å²) in [5, 5.41) is 16.1. The van der Waals surface area contributed by atoms with Crippen molar-refractivity contribution in [2.45, 2.75) is 38.4 Å². The minimum Gasteiger partial charge on any atom is -0.383 e. The van der Waals surface area contributed by atoms with Crippen LogP contribution in [0.5, 0.6) is 0 Å².